The fourth-order valence-electron chi connectivity index (χ4n) is 5.50. The molecule has 2 aromatic carbocycles. The van der Waals surface area contributed by atoms with Crippen LogP contribution >= 0.6 is 0 Å². The molecule has 2 unspecified atom stereocenters. The lowest BCUT2D eigenvalue weighted by molar-refractivity contribution is 0.0942. The summed E-state index contributed by atoms with van der Waals surface area (Å²) in [4.78, 5) is 16.4. The van der Waals surface area contributed by atoms with Crippen LogP contribution < -0.4 is 19.7 Å². The molecule has 3 aliphatic rings. The summed E-state index contributed by atoms with van der Waals surface area (Å²) in [6.45, 7) is 12.5. The molecular formula is C30H40N6O3. The number of likely N-dealkylation sites (tertiary alicyclic amines) is 1. The Kier molecular flexibility index (Phi) is 7.72. The van der Waals surface area contributed by atoms with Crippen LogP contribution in [0, 0.1) is 0 Å². The molecule has 1 aromatic heterocycles. The number of aromatic nitrogens is 2. The quantitative estimate of drug-likeness (QED) is 0.366. The molecule has 0 saturated carbocycles. The van der Waals surface area contributed by atoms with Crippen molar-refractivity contribution in [2.75, 3.05) is 69.2 Å². The molecule has 2 atom stereocenters. The molecule has 4 heterocycles. The van der Waals surface area contributed by atoms with Gasteiger partial charge in [-0.1, -0.05) is 6.92 Å². The molecule has 3 fully saturated rings. The van der Waals surface area contributed by atoms with Crippen LogP contribution in [0.15, 0.2) is 48.8 Å². The van der Waals surface area contributed by atoms with E-state index >= 15 is 0 Å². The normalized spacial score (nSPS) is 22.7. The Balaban J connectivity index is 1.05. The Morgan fingerprint density at radius 2 is 1.72 bits per heavy atom. The zero-order valence-electron chi connectivity index (χ0n) is 23.1. The molecule has 3 aliphatic heterocycles. The summed E-state index contributed by atoms with van der Waals surface area (Å²) >= 11 is 0. The van der Waals surface area contributed by atoms with Crippen LogP contribution in [0.4, 0.5) is 11.5 Å². The number of benzene rings is 2. The highest BCUT2D eigenvalue weighted by Gasteiger charge is 2.51. The van der Waals surface area contributed by atoms with Gasteiger partial charge in [0.2, 0.25) is 5.85 Å². The van der Waals surface area contributed by atoms with E-state index < -0.39 is 5.85 Å². The number of fused-ring (bicyclic) bond motifs is 1. The first-order valence-corrected chi connectivity index (χ1v) is 14.4. The molecular weight excluding hydrogens is 492 g/mol. The van der Waals surface area contributed by atoms with Crippen LogP contribution in [0.3, 0.4) is 0 Å². The average Bonchev–Trinajstić information content (AvgIpc) is 3.56. The standard InChI is InChI=1S/C30H40N6O3/c1-3-23(2)39-25-8-6-24(7-9-25)33-30(21-38-30)36-16-14-35(15-17-36)29-27-11-10-26(20-28(27)31-22-32-29)37-19-18-34-12-4-5-13-34/h6-11,20,22-23,33H,3-5,12-19,21H2,1-2H3. The Hall–Kier alpha value is -3.14. The largest absolute Gasteiger partial charge is 0.492 e. The summed E-state index contributed by atoms with van der Waals surface area (Å²) in [6, 6.07) is 14.4. The minimum absolute atomic E-state index is 0.213. The maximum Gasteiger partial charge on any atom is 0.223 e. The fourth-order valence-corrected chi connectivity index (χ4v) is 5.50. The number of piperazine rings is 1. The topological polar surface area (TPSA) is 78.5 Å². The second-order valence-corrected chi connectivity index (χ2v) is 10.8. The summed E-state index contributed by atoms with van der Waals surface area (Å²) < 4.78 is 17.9. The van der Waals surface area contributed by atoms with Crippen LogP contribution in [-0.4, -0.2) is 90.7 Å². The van der Waals surface area contributed by atoms with Gasteiger partial charge in [-0.05, 0) is 75.7 Å². The van der Waals surface area contributed by atoms with Gasteiger partial charge in [-0.2, -0.15) is 0 Å². The molecule has 3 saturated heterocycles. The molecule has 0 amide bonds. The molecule has 208 valence electrons. The van der Waals surface area contributed by atoms with Crippen LogP contribution in [0.25, 0.3) is 10.9 Å². The van der Waals surface area contributed by atoms with E-state index in [0.717, 1.165) is 73.1 Å². The van der Waals surface area contributed by atoms with E-state index in [1.807, 2.05) is 24.3 Å². The van der Waals surface area contributed by atoms with Gasteiger partial charge >= 0.3 is 0 Å². The van der Waals surface area contributed by atoms with Crippen LogP contribution in [0.5, 0.6) is 11.5 Å². The van der Waals surface area contributed by atoms with Gasteiger partial charge in [0, 0.05) is 49.9 Å². The van der Waals surface area contributed by atoms with E-state index in [1.54, 1.807) is 6.33 Å². The lowest BCUT2D eigenvalue weighted by Gasteiger charge is -2.39. The number of hydrogen-bond donors (Lipinski definition) is 1. The van der Waals surface area contributed by atoms with Gasteiger partial charge in [0.1, 0.15) is 36.9 Å². The lowest BCUT2D eigenvalue weighted by atomic mass is 10.2. The molecule has 0 spiro atoms. The van der Waals surface area contributed by atoms with Crippen molar-refractivity contribution in [2.45, 2.75) is 45.1 Å². The van der Waals surface area contributed by atoms with Gasteiger partial charge in [0.25, 0.3) is 0 Å². The van der Waals surface area contributed by atoms with Crippen molar-refractivity contribution >= 4 is 22.4 Å². The number of anilines is 2. The summed E-state index contributed by atoms with van der Waals surface area (Å²) in [5.41, 5.74) is 1.96. The SMILES string of the molecule is CCC(C)Oc1ccc(NC2(N3CCN(c4ncnc5cc(OCCN6CCCC6)ccc45)CC3)CO2)cc1. The van der Waals surface area contributed by atoms with E-state index in [9.17, 15) is 0 Å². The highest BCUT2D eigenvalue weighted by molar-refractivity contribution is 5.90. The van der Waals surface area contributed by atoms with E-state index in [1.165, 1.54) is 25.9 Å². The zero-order valence-corrected chi connectivity index (χ0v) is 23.1. The van der Waals surface area contributed by atoms with Gasteiger partial charge in [0.05, 0.1) is 11.6 Å². The molecule has 6 rings (SSSR count). The molecule has 0 bridgehead atoms. The van der Waals surface area contributed by atoms with E-state index in [-0.39, 0.29) is 6.10 Å². The number of hydrogen-bond acceptors (Lipinski definition) is 9. The van der Waals surface area contributed by atoms with Gasteiger partial charge in [-0.25, -0.2) is 9.97 Å². The first-order chi connectivity index (χ1) is 19.1. The monoisotopic (exact) mass is 532 g/mol. The van der Waals surface area contributed by atoms with E-state index in [0.29, 0.717) is 13.2 Å². The predicted octanol–water partition coefficient (Wildman–Crippen LogP) is 4.20. The van der Waals surface area contributed by atoms with Crippen molar-refractivity contribution in [2.24, 2.45) is 0 Å². The number of nitrogens with zero attached hydrogens (tertiary/aromatic N) is 5. The average molecular weight is 533 g/mol. The third kappa shape index (κ3) is 6.05. The number of rotatable bonds is 11. The van der Waals surface area contributed by atoms with Crippen LogP contribution in [0.2, 0.25) is 0 Å². The molecule has 0 radical (unpaired) electrons. The number of nitrogens with one attached hydrogen (secondary N) is 1. The minimum atomic E-state index is -0.430. The molecule has 0 aliphatic carbocycles. The molecule has 3 aromatic rings. The Morgan fingerprint density at radius 3 is 2.44 bits per heavy atom. The number of epoxide rings is 1. The molecule has 39 heavy (non-hydrogen) atoms. The zero-order chi connectivity index (χ0) is 26.7. The maximum absolute atomic E-state index is 6.05. The fraction of sp³-hybridized carbons (Fsp3) is 0.533. The van der Waals surface area contributed by atoms with E-state index in [4.69, 9.17) is 14.2 Å². The molecule has 9 heteroatoms. The maximum atomic E-state index is 6.05. The van der Waals surface area contributed by atoms with Gasteiger partial charge in [-0.15, -0.1) is 0 Å². The second kappa shape index (κ2) is 11.5. The van der Waals surface area contributed by atoms with Gasteiger partial charge < -0.3 is 24.4 Å². The summed E-state index contributed by atoms with van der Waals surface area (Å²) in [5.74, 6) is 2.32. The third-order valence-corrected chi connectivity index (χ3v) is 8.08. The second-order valence-electron chi connectivity index (χ2n) is 10.8. The van der Waals surface area contributed by atoms with E-state index in [2.05, 4.69) is 62.0 Å². The third-order valence-electron chi connectivity index (χ3n) is 8.08. The minimum Gasteiger partial charge on any atom is -0.492 e. The van der Waals surface area contributed by atoms with Crippen LogP contribution in [-0.2, 0) is 4.74 Å². The van der Waals surface area contributed by atoms with Crippen molar-refractivity contribution < 1.29 is 14.2 Å². The summed E-state index contributed by atoms with van der Waals surface area (Å²) in [7, 11) is 0. The van der Waals surface area contributed by atoms with Crippen molar-refractivity contribution in [1.82, 2.24) is 19.8 Å². The van der Waals surface area contributed by atoms with Crippen LogP contribution in [0.1, 0.15) is 33.1 Å². The van der Waals surface area contributed by atoms with Crippen molar-refractivity contribution in [3.05, 3.63) is 48.8 Å². The van der Waals surface area contributed by atoms with Crippen molar-refractivity contribution in [1.29, 1.82) is 0 Å². The predicted molar refractivity (Wildman–Crippen MR) is 154 cm³/mol. The lowest BCUT2D eigenvalue weighted by Crippen LogP contribution is -2.55. The number of ether oxygens (including phenoxy) is 3. The Morgan fingerprint density at radius 1 is 0.974 bits per heavy atom. The highest BCUT2D eigenvalue weighted by Crippen LogP contribution is 2.35. The van der Waals surface area contributed by atoms with Crippen molar-refractivity contribution in [3.63, 3.8) is 0 Å². The molecule has 1 N–H and O–H groups in total. The first kappa shape index (κ1) is 26.1. The van der Waals surface area contributed by atoms with Crippen molar-refractivity contribution in [3.8, 4) is 11.5 Å². The Bertz CT molecular complexity index is 1240. The summed E-state index contributed by atoms with van der Waals surface area (Å²) in [6.07, 6.45) is 5.47. The smallest absolute Gasteiger partial charge is 0.223 e. The molecule has 9 nitrogen and oxygen atoms in total. The Labute approximate surface area is 231 Å². The first-order valence-electron chi connectivity index (χ1n) is 14.4. The van der Waals surface area contributed by atoms with Gasteiger partial charge in [-0.3, -0.25) is 9.80 Å². The van der Waals surface area contributed by atoms with Gasteiger partial charge in [0.15, 0.2) is 0 Å². The highest BCUT2D eigenvalue weighted by atomic mass is 16.6. The summed E-state index contributed by atoms with van der Waals surface area (Å²) in [5, 5.41) is 4.67.